The Morgan fingerprint density at radius 2 is 1.17 bits per heavy atom. The lowest BCUT2D eigenvalue weighted by atomic mass is 9.44. The second-order valence-corrected chi connectivity index (χ2v) is 26.8. The number of allylic oxidation sites excluding steroid dienone is 8. The number of aldehydes is 1. The second-order valence-electron chi connectivity index (χ2n) is 26.8. The number of nitrogens with two attached hydrogens (primary N) is 1. The summed E-state index contributed by atoms with van der Waals surface area (Å²) in [5, 5.41) is 64.0. The standard InChI is InChI=1S/C35H38FNO7.C21H27FO6.C15H14O2.CH4/c1-32-13-12-24(39)15-22(32)8-11-26-27-16-30-35(29(41)18-38,33(27,2)17-28(40)34(26,32)36)44-31(43-30)21-6-9-25(10-7-21)42-19-20-4-3-5-23(37)14-20;1-18-6-5-12(24)7-11(18)3-4-13-14-8-15(25)21(28,17(27)10-23)19(14,2)9-16(26)20(13,18)22;1-12-3-2-4-14(9-12)11-17-15-7-5-13(10-16)6-8-15;/h3-7,9-10,12-15,26-28,30-31,38,40H,8,11,16-19,37H2,1-2H3;5-7,13-16,23,25-26,28H,3-4,8-10H2,1-2H3;2-10H,11H2,1H3;1H4/t26-,27-,28-,30+,31+,32-,33-,34-,35+;13-,14-,15+,16-,18-,19-,20-,21-;;/m00../s1. The van der Waals surface area contributed by atoms with E-state index in [1.54, 1.807) is 63.2 Å². The van der Waals surface area contributed by atoms with E-state index in [2.05, 4.69) is 19.1 Å². The molecule has 0 spiro atoms. The summed E-state index contributed by atoms with van der Waals surface area (Å²) in [6, 6.07) is 30.0. The Labute approximate surface area is 523 Å². The van der Waals surface area contributed by atoms with Gasteiger partial charge in [-0.3, -0.25) is 24.0 Å². The highest BCUT2D eigenvalue weighted by molar-refractivity contribution is 6.02. The quantitative estimate of drug-likeness (QED) is 0.0514. The molecule has 90 heavy (non-hydrogen) atoms. The molecule has 0 amide bonds. The van der Waals surface area contributed by atoms with Crippen molar-refractivity contribution in [2.45, 2.75) is 160 Å². The number of ether oxygens (including phenoxy) is 4. The van der Waals surface area contributed by atoms with Gasteiger partial charge in [-0.15, -0.1) is 0 Å². The third-order valence-corrected chi connectivity index (χ3v) is 22.4. The fourth-order valence-electron chi connectivity index (χ4n) is 17.8. The van der Waals surface area contributed by atoms with Crippen LogP contribution in [0.15, 0.2) is 145 Å². The number of carbonyl (C=O) groups is 5. The van der Waals surface area contributed by atoms with Crippen LogP contribution in [0.1, 0.15) is 125 Å². The van der Waals surface area contributed by atoms with Gasteiger partial charge >= 0.3 is 0 Å². The van der Waals surface area contributed by atoms with Crippen molar-refractivity contribution in [1.29, 1.82) is 0 Å². The molecular formula is C72H83F2NO15. The van der Waals surface area contributed by atoms with Crippen LogP contribution >= 0.6 is 0 Å². The topological polar surface area (TPSA) is 270 Å². The number of aliphatic hydroxyl groups is 6. The van der Waals surface area contributed by atoms with Crippen LogP contribution in [0.5, 0.6) is 11.5 Å². The van der Waals surface area contributed by atoms with Crippen LogP contribution < -0.4 is 15.2 Å². The highest BCUT2D eigenvalue weighted by Crippen LogP contribution is 2.73. The molecule has 8 aliphatic carbocycles. The maximum Gasteiger partial charge on any atom is 0.193 e. The predicted octanol–water partition coefficient (Wildman–Crippen LogP) is 9.19. The van der Waals surface area contributed by atoms with E-state index in [0.717, 1.165) is 23.2 Å². The molecule has 4 aromatic carbocycles. The third kappa shape index (κ3) is 10.2. The maximum atomic E-state index is 17.5. The van der Waals surface area contributed by atoms with E-state index in [9.17, 15) is 54.6 Å². The number of anilines is 1. The lowest BCUT2D eigenvalue weighted by molar-refractivity contribution is -0.231. The molecule has 13 rings (SSSR count). The summed E-state index contributed by atoms with van der Waals surface area (Å²) < 4.78 is 58.9. The Morgan fingerprint density at radius 3 is 1.68 bits per heavy atom. The van der Waals surface area contributed by atoms with Gasteiger partial charge in [0.1, 0.15) is 44.2 Å². The number of aryl methyl sites for hydroxylation is 1. The van der Waals surface area contributed by atoms with Crippen LogP contribution in [0.2, 0.25) is 0 Å². The van der Waals surface area contributed by atoms with E-state index in [1.165, 1.54) is 35.9 Å². The second kappa shape index (κ2) is 24.3. The van der Waals surface area contributed by atoms with Gasteiger partial charge in [0.15, 0.2) is 52.0 Å². The average molecular weight is 1240 g/mol. The number of aliphatic hydroxyl groups excluding tert-OH is 5. The number of rotatable bonds is 12. The van der Waals surface area contributed by atoms with Crippen LogP contribution in [-0.4, -0.2) is 120 Å². The van der Waals surface area contributed by atoms with E-state index in [1.807, 2.05) is 55.5 Å². The zero-order chi connectivity index (χ0) is 63.9. The van der Waals surface area contributed by atoms with Crippen molar-refractivity contribution >= 4 is 35.1 Å². The monoisotopic (exact) mass is 1240 g/mol. The lowest BCUT2D eigenvalue weighted by Gasteiger charge is -2.62. The van der Waals surface area contributed by atoms with Gasteiger partial charge in [-0.2, -0.15) is 0 Å². The van der Waals surface area contributed by atoms with Crippen molar-refractivity contribution in [1.82, 2.24) is 0 Å². The Kier molecular flexibility index (Phi) is 17.8. The summed E-state index contributed by atoms with van der Waals surface area (Å²) >= 11 is 0. The van der Waals surface area contributed by atoms with Crippen LogP contribution in [0, 0.1) is 52.3 Å². The fourth-order valence-corrected chi connectivity index (χ4v) is 17.8. The summed E-state index contributed by atoms with van der Waals surface area (Å²) in [6.07, 6.45) is 5.44. The molecule has 18 heteroatoms. The number of hydrogen-bond acceptors (Lipinski definition) is 16. The van der Waals surface area contributed by atoms with Crippen molar-refractivity contribution in [3.05, 3.63) is 172 Å². The van der Waals surface area contributed by atoms with Crippen LogP contribution in [0.25, 0.3) is 0 Å². The molecule has 0 bridgehead atoms. The molecule has 1 heterocycles. The van der Waals surface area contributed by atoms with Crippen molar-refractivity contribution in [3.8, 4) is 11.5 Å². The highest BCUT2D eigenvalue weighted by atomic mass is 19.1. The molecule has 0 aromatic heterocycles. The van der Waals surface area contributed by atoms with Gasteiger partial charge in [-0.25, -0.2) is 8.78 Å². The van der Waals surface area contributed by atoms with Crippen LogP contribution in [0.3, 0.4) is 0 Å². The SMILES string of the molecule is C.C[C@]12C=CC(=O)C=C1CC[C@H]1[C@@H]3C[C@@H](O)[C@](O)(C(=O)CO)[C@@]3(C)C[C@H](O)[C@@]12F.C[C@]12C=CC(=O)C=C1CC[C@H]1[C@@H]3C[C@H]4O[C@@H](c5ccc(OCc6cccc(N)c6)cc5)O[C@@]4(C(=O)CO)[C@@]3(C)C[C@H](O)[C@@]12F.Cc1cccc(COc2ccc(C=O)cc2)c1. The summed E-state index contributed by atoms with van der Waals surface area (Å²) in [6.45, 7) is 8.16. The molecule has 9 aliphatic rings. The lowest BCUT2D eigenvalue weighted by Crippen LogP contribution is -2.69. The van der Waals surface area contributed by atoms with Crippen molar-refractivity contribution in [3.63, 3.8) is 0 Å². The molecule has 8 N–H and O–H groups in total. The Balaban J connectivity index is 0.000000165. The molecule has 1 saturated heterocycles. The number of carbonyl (C=O) groups excluding carboxylic acids is 5. The molecule has 1 aliphatic heterocycles. The summed E-state index contributed by atoms with van der Waals surface area (Å²) in [5.74, 6) is -2.63. The number of alkyl halides is 2. The number of halogens is 2. The van der Waals surface area contributed by atoms with Gasteiger partial charge < -0.3 is 55.3 Å². The molecule has 7 fully saturated rings. The first-order valence-electron chi connectivity index (χ1n) is 30.7. The van der Waals surface area contributed by atoms with Crippen molar-refractivity contribution < 1.29 is 82.3 Å². The minimum absolute atomic E-state index is 0. The van der Waals surface area contributed by atoms with Gasteiger partial charge in [0.2, 0.25) is 0 Å². The first-order chi connectivity index (χ1) is 42.2. The van der Waals surface area contributed by atoms with Gasteiger partial charge in [-0.05, 0) is 168 Å². The highest BCUT2D eigenvalue weighted by Gasteiger charge is 2.80. The Morgan fingerprint density at radius 1 is 0.667 bits per heavy atom. The maximum absolute atomic E-state index is 17.5. The number of hydrogen-bond donors (Lipinski definition) is 7. The number of benzene rings is 4. The summed E-state index contributed by atoms with van der Waals surface area (Å²) in [4.78, 5) is 60.5. The van der Waals surface area contributed by atoms with E-state index in [-0.39, 0.29) is 44.2 Å². The largest absolute Gasteiger partial charge is 0.489 e. The molecule has 4 aromatic rings. The van der Waals surface area contributed by atoms with Crippen molar-refractivity contribution in [2.24, 2.45) is 45.3 Å². The first-order valence-corrected chi connectivity index (χ1v) is 30.7. The zero-order valence-electron chi connectivity index (χ0n) is 50.7. The molecule has 6 saturated carbocycles. The Bertz CT molecular complexity index is 3570. The smallest absolute Gasteiger partial charge is 0.193 e. The first kappa shape index (κ1) is 66.1. The Hall–Kier alpha value is -6.87. The molecule has 0 radical (unpaired) electrons. The van der Waals surface area contributed by atoms with E-state index < -0.39 is 117 Å². The van der Waals surface area contributed by atoms with Gasteiger partial charge in [-0.1, -0.05) is 98.7 Å². The molecular weight excluding hydrogens is 1160 g/mol. The molecule has 480 valence electrons. The third-order valence-electron chi connectivity index (χ3n) is 22.4. The van der Waals surface area contributed by atoms with Gasteiger partial charge in [0, 0.05) is 50.3 Å². The van der Waals surface area contributed by atoms with E-state index in [4.69, 9.17) is 24.7 Å². The number of Topliss-reactive ketones (excluding diaryl/α,β-unsaturated/α-hetero) is 2. The van der Waals surface area contributed by atoms with E-state index >= 15 is 8.78 Å². The molecule has 0 unspecified atom stereocenters. The number of ketones is 4. The number of nitrogen functional groups attached to an aromatic ring is 1. The van der Waals surface area contributed by atoms with Crippen LogP contribution in [0.4, 0.5) is 14.5 Å². The minimum Gasteiger partial charge on any atom is -0.489 e. The van der Waals surface area contributed by atoms with E-state index in [0.29, 0.717) is 79.0 Å². The zero-order valence-corrected chi connectivity index (χ0v) is 50.7. The fraction of sp³-hybridized carbons (Fsp3) is 0.486. The predicted molar refractivity (Wildman–Crippen MR) is 330 cm³/mol. The van der Waals surface area contributed by atoms with Crippen LogP contribution in [-0.2, 0) is 41.9 Å². The summed E-state index contributed by atoms with van der Waals surface area (Å²) in [7, 11) is 0. The number of fused-ring (bicyclic) bond motifs is 12. The van der Waals surface area contributed by atoms with Gasteiger partial charge in [0.05, 0.1) is 24.4 Å². The molecule has 17 atom stereocenters. The van der Waals surface area contributed by atoms with Crippen molar-refractivity contribution in [2.75, 3.05) is 18.9 Å². The minimum atomic E-state index is -2.23. The summed E-state index contributed by atoms with van der Waals surface area (Å²) in [5.41, 5.74) is -0.00349. The normalized spacial score (nSPS) is 38.0. The van der Waals surface area contributed by atoms with Gasteiger partial charge in [0.25, 0.3) is 0 Å². The molecule has 16 nitrogen and oxygen atoms in total. The average Bonchev–Trinajstić information content (AvgIpc) is 1.41.